The van der Waals surface area contributed by atoms with Crippen LogP contribution in [0.15, 0.2) is 28.9 Å². The molecule has 0 aliphatic carbocycles. The molecule has 0 fully saturated rings. The van der Waals surface area contributed by atoms with E-state index in [1.165, 1.54) is 10.9 Å². The van der Waals surface area contributed by atoms with Gasteiger partial charge in [0.15, 0.2) is 5.82 Å². The number of benzene rings is 1. The molecule has 0 aliphatic rings. The van der Waals surface area contributed by atoms with Crippen LogP contribution in [0.2, 0.25) is 5.02 Å². The van der Waals surface area contributed by atoms with Gasteiger partial charge in [0.1, 0.15) is 0 Å². The summed E-state index contributed by atoms with van der Waals surface area (Å²) in [5.41, 5.74) is 2.22. The van der Waals surface area contributed by atoms with Gasteiger partial charge in [0, 0.05) is 28.7 Å². The van der Waals surface area contributed by atoms with Gasteiger partial charge >= 0.3 is 0 Å². The molecule has 3 aromatic rings. The Labute approximate surface area is 115 Å². The lowest BCUT2D eigenvalue weighted by Crippen LogP contribution is -2.12. The van der Waals surface area contributed by atoms with Gasteiger partial charge in [-0.1, -0.05) is 22.8 Å². The third kappa shape index (κ3) is 2.62. The van der Waals surface area contributed by atoms with Gasteiger partial charge in [-0.3, -0.25) is 0 Å². The summed E-state index contributed by atoms with van der Waals surface area (Å²) in [6.07, 6.45) is 1.98. The van der Waals surface area contributed by atoms with Crippen molar-refractivity contribution < 1.29 is 4.52 Å². The topological polar surface area (TPSA) is 66.7 Å². The van der Waals surface area contributed by atoms with Gasteiger partial charge in [0.2, 0.25) is 5.89 Å². The number of hydrogen-bond donors (Lipinski definition) is 2. The lowest BCUT2D eigenvalue weighted by Gasteiger charge is -2.00. The van der Waals surface area contributed by atoms with E-state index in [9.17, 15) is 0 Å². The SMILES string of the molecule is Cc1noc(CNCc2c[nH]c3cc(Cl)ccc23)n1. The van der Waals surface area contributed by atoms with Crippen LogP contribution in [0.5, 0.6) is 0 Å². The maximum absolute atomic E-state index is 5.95. The van der Waals surface area contributed by atoms with E-state index >= 15 is 0 Å². The van der Waals surface area contributed by atoms with Crippen molar-refractivity contribution in [1.29, 1.82) is 0 Å². The van der Waals surface area contributed by atoms with Crippen LogP contribution in [0.1, 0.15) is 17.3 Å². The van der Waals surface area contributed by atoms with Crippen LogP contribution in [0, 0.1) is 6.92 Å². The number of nitrogens with one attached hydrogen (secondary N) is 2. The predicted molar refractivity (Wildman–Crippen MR) is 72.9 cm³/mol. The van der Waals surface area contributed by atoms with Crippen molar-refractivity contribution in [3.8, 4) is 0 Å². The molecule has 0 saturated carbocycles. The molecular weight excluding hydrogens is 264 g/mol. The zero-order chi connectivity index (χ0) is 13.2. The van der Waals surface area contributed by atoms with Crippen molar-refractivity contribution >= 4 is 22.5 Å². The van der Waals surface area contributed by atoms with Gasteiger partial charge < -0.3 is 14.8 Å². The summed E-state index contributed by atoms with van der Waals surface area (Å²) >= 11 is 5.95. The van der Waals surface area contributed by atoms with Crippen LogP contribution < -0.4 is 5.32 Å². The van der Waals surface area contributed by atoms with E-state index in [0.29, 0.717) is 18.3 Å². The summed E-state index contributed by atoms with van der Waals surface area (Å²) in [4.78, 5) is 7.34. The lowest BCUT2D eigenvalue weighted by atomic mass is 10.2. The third-order valence-corrected chi connectivity index (χ3v) is 3.13. The van der Waals surface area contributed by atoms with Gasteiger partial charge in [-0.25, -0.2) is 0 Å². The maximum Gasteiger partial charge on any atom is 0.240 e. The average Bonchev–Trinajstić information content (AvgIpc) is 2.96. The van der Waals surface area contributed by atoms with E-state index in [1.807, 2.05) is 24.4 Å². The summed E-state index contributed by atoms with van der Waals surface area (Å²) < 4.78 is 5.04. The van der Waals surface area contributed by atoms with Crippen molar-refractivity contribution in [2.75, 3.05) is 0 Å². The van der Waals surface area contributed by atoms with Gasteiger partial charge in [0.25, 0.3) is 0 Å². The Bertz CT molecular complexity index is 704. The molecule has 0 spiro atoms. The molecule has 0 radical (unpaired) electrons. The molecule has 19 heavy (non-hydrogen) atoms. The standard InChI is InChI=1S/C13H13ClN4O/c1-8-17-13(19-18-8)7-15-5-9-6-16-12-4-10(14)2-3-11(9)12/h2-4,6,15-16H,5,7H2,1H3. The smallest absolute Gasteiger partial charge is 0.240 e. The van der Waals surface area contributed by atoms with Crippen LogP contribution in [-0.4, -0.2) is 15.1 Å². The predicted octanol–water partition coefficient (Wildman–Crippen LogP) is 2.80. The van der Waals surface area contributed by atoms with E-state index in [-0.39, 0.29) is 0 Å². The van der Waals surface area contributed by atoms with Gasteiger partial charge in [-0.15, -0.1) is 0 Å². The molecule has 1 aromatic carbocycles. The summed E-state index contributed by atoms with van der Waals surface area (Å²) in [5, 5.41) is 8.92. The molecule has 0 saturated heterocycles. The molecule has 0 amide bonds. The Balaban J connectivity index is 1.68. The van der Waals surface area contributed by atoms with Crippen molar-refractivity contribution in [2.45, 2.75) is 20.0 Å². The summed E-state index contributed by atoms with van der Waals surface area (Å²) in [6, 6.07) is 5.83. The number of halogens is 1. The van der Waals surface area contributed by atoms with Gasteiger partial charge in [-0.05, 0) is 24.6 Å². The monoisotopic (exact) mass is 276 g/mol. The Morgan fingerprint density at radius 3 is 3.05 bits per heavy atom. The number of H-pyrrole nitrogens is 1. The molecule has 2 N–H and O–H groups in total. The molecule has 98 valence electrons. The lowest BCUT2D eigenvalue weighted by molar-refractivity contribution is 0.364. The van der Waals surface area contributed by atoms with Crippen molar-refractivity contribution in [3.63, 3.8) is 0 Å². The Morgan fingerprint density at radius 2 is 2.26 bits per heavy atom. The minimum atomic E-state index is 0.557. The highest BCUT2D eigenvalue weighted by molar-refractivity contribution is 6.31. The number of nitrogens with zero attached hydrogens (tertiary/aromatic N) is 2. The molecule has 0 atom stereocenters. The zero-order valence-corrected chi connectivity index (χ0v) is 11.2. The number of hydrogen-bond acceptors (Lipinski definition) is 4. The van der Waals surface area contributed by atoms with Gasteiger partial charge in [0.05, 0.1) is 6.54 Å². The Hall–Kier alpha value is -1.85. The van der Waals surface area contributed by atoms with Crippen molar-refractivity contribution in [2.24, 2.45) is 0 Å². The summed E-state index contributed by atoms with van der Waals surface area (Å²) in [7, 11) is 0. The minimum absolute atomic E-state index is 0.557. The Kier molecular flexibility index (Phi) is 3.23. The first kappa shape index (κ1) is 12.2. The fourth-order valence-electron chi connectivity index (χ4n) is 2.02. The Morgan fingerprint density at radius 1 is 1.37 bits per heavy atom. The number of aryl methyl sites for hydroxylation is 1. The summed E-state index contributed by atoms with van der Waals surface area (Å²) in [5.74, 6) is 1.25. The van der Waals surface area contributed by atoms with E-state index in [0.717, 1.165) is 17.1 Å². The van der Waals surface area contributed by atoms with Crippen LogP contribution in [-0.2, 0) is 13.1 Å². The normalized spacial score (nSPS) is 11.3. The van der Waals surface area contributed by atoms with Crippen molar-refractivity contribution in [1.82, 2.24) is 20.4 Å². The second-order valence-corrected chi connectivity index (χ2v) is 4.78. The average molecular weight is 277 g/mol. The zero-order valence-electron chi connectivity index (χ0n) is 10.4. The molecule has 3 rings (SSSR count). The van der Waals surface area contributed by atoms with E-state index in [4.69, 9.17) is 16.1 Å². The molecule has 0 aliphatic heterocycles. The fraction of sp³-hybridized carbons (Fsp3) is 0.231. The molecule has 2 heterocycles. The largest absolute Gasteiger partial charge is 0.361 e. The van der Waals surface area contributed by atoms with Gasteiger partial charge in [-0.2, -0.15) is 4.98 Å². The molecule has 6 heteroatoms. The van der Waals surface area contributed by atoms with Crippen LogP contribution in [0.4, 0.5) is 0 Å². The number of rotatable bonds is 4. The molecule has 0 unspecified atom stereocenters. The molecular formula is C13H13ClN4O. The van der Waals surface area contributed by atoms with Crippen LogP contribution >= 0.6 is 11.6 Å². The second kappa shape index (κ2) is 5.03. The highest BCUT2D eigenvalue weighted by atomic mass is 35.5. The highest BCUT2D eigenvalue weighted by Gasteiger charge is 2.05. The van der Waals surface area contributed by atoms with E-state index in [1.54, 1.807) is 6.92 Å². The first-order valence-corrected chi connectivity index (χ1v) is 6.35. The van der Waals surface area contributed by atoms with E-state index < -0.39 is 0 Å². The molecule has 0 bridgehead atoms. The van der Waals surface area contributed by atoms with Crippen molar-refractivity contribution in [3.05, 3.63) is 46.7 Å². The third-order valence-electron chi connectivity index (χ3n) is 2.89. The number of aromatic nitrogens is 3. The first-order valence-electron chi connectivity index (χ1n) is 5.98. The van der Waals surface area contributed by atoms with Crippen LogP contribution in [0.25, 0.3) is 10.9 Å². The quantitative estimate of drug-likeness (QED) is 0.769. The molecule has 5 nitrogen and oxygen atoms in total. The van der Waals surface area contributed by atoms with E-state index in [2.05, 4.69) is 20.4 Å². The number of aromatic amines is 1. The summed E-state index contributed by atoms with van der Waals surface area (Å²) in [6.45, 7) is 3.08. The fourth-order valence-corrected chi connectivity index (χ4v) is 2.19. The molecule has 2 aromatic heterocycles. The maximum atomic E-state index is 5.95. The first-order chi connectivity index (χ1) is 9.22. The second-order valence-electron chi connectivity index (χ2n) is 4.34. The highest BCUT2D eigenvalue weighted by Crippen LogP contribution is 2.21. The minimum Gasteiger partial charge on any atom is -0.361 e. The number of fused-ring (bicyclic) bond motifs is 1. The van der Waals surface area contributed by atoms with Crippen LogP contribution in [0.3, 0.4) is 0 Å².